The summed E-state index contributed by atoms with van der Waals surface area (Å²) in [5, 5.41) is 12.5. The van der Waals surface area contributed by atoms with Gasteiger partial charge in [-0.1, -0.05) is 5.16 Å². The van der Waals surface area contributed by atoms with E-state index < -0.39 is 16.0 Å². The largest absolute Gasteiger partial charge is 0.478 e. The van der Waals surface area contributed by atoms with Crippen molar-refractivity contribution in [3.8, 4) is 0 Å². The van der Waals surface area contributed by atoms with Gasteiger partial charge < -0.3 is 9.63 Å². The van der Waals surface area contributed by atoms with Crippen LogP contribution < -0.4 is 4.72 Å². The molecule has 1 aromatic heterocycles. The van der Waals surface area contributed by atoms with E-state index in [4.69, 9.17) is 5.11 Å². The highest BCUT2D eigenvalue weighted by atomic mass is 79.9. The summed E-state index contributed by atoms with van der Waals surface area (Å²) in [4.78, 5) is 14.5. The van der Waals surface area contributed by atoms with Crippen LogP contribution in [0.15, 0.2) is 26.0 Å². The van der Waals surface area contributed by atoms with Gasteiger partial charge in [0.2, 0.25) is 0 Å². The van der Waals surface area contributed by atoms with Crippen LogP contribution in [0.25, 0.3) is 0 Å². The van der Waals surface area contributed by atoms with Crippen molar-refractivity contribution in [3.63, 3.8) is 0 Å². The lowest BCUT2D eigenvalue weighted by Crippen LogP contribution is -2.15. The molecule has 0 saturated carbocycles. The normalized spacial score (nSPS) is 11.4. The summed E-state index contributed by atoms with van der Waals surface area (Å²) in [7, 11) is -4.07. The molecule has 0 bridgehead atoms. The van der Waals surface area contributed by atoms with Gasteiger partial charge in [0.15, 0.2) is 5.82 Å². The summed E-state index contributed by atoms with van der Waals surface area (Å²) < 4.78 is 31.6. The third-order valence-corrected chi connectivity index (χ3v) is 5.17. The summed E-state index contributed by atoms with van der Waals surface area (Å²) in [5.74, 6) is -0.960. The van der Waals surface area contributed by atoms with Gasteiger partial charge in [-0.15, -0.1) is 0 Å². The number of aromatic carboxylic acids is 1. The monoisotopic (exact) mass is 375 g/mol. The highest BCUT2D eigenvalue weighted by Gasteiger charge is 2.23. The van der Waals surface area contributed by atoms with Crippen molar-refractivity contribution in [2.75, 3.05) is 4.72 Å². The molecular formula is C11H10BrN3O5S. The number of benzene rings is 1. The number of aryl methyl sites for hydroxylation is 2. The molecule has 112 valence electrons. The number of aromatic nitrogens is 2. The summed E-state index contributed by atoms with van der Waals surface area (Å²) >= 11 is 3.14. The molecule has 0 unspecified atom stereocenters. The minimum absolute atomic E-state index is 0.141. The molecule has 21 heavy (non-hydrogen) atoms. The van der Waals surface area contributed by atoms with Gasteiger partial charge in [0.25, 0.3) is 10.0 Å². The first-order chi connectivity index (χ1) is 9.70. The number of hydrogen-bond donors (Lipinski definition) is 2. The fourth-order valence-electron chi connectivity index (χ4n) is 1.56. The van der Waals surface area contributed by atoms with Gasteiger partial charge in [-0.3, -0.25) is 0 Å². The Labute approximate surface area is 128 Å². The van der Waals surface area contributed by atoms with Crippen LogP contribution in [0.3, 0.4) is 0 Å². The summed E-state index contributed by atoms with van der Waals surface area (Å²) in [6.45, 7) is 3.12. The number of carboxylic acid groups (broad SMARTS) is 1. The van der Waals surface area contributed by atoms with Crippen molar-refractivity contribution in [2.45, 2.75) is 18.7 Å². The zero-order valence-electron chi connectivity index (χ0n) is 10.9. The molecule has 0 aliphatic carbocycles. The molecule has 8 nitrogen and oxygen atoms in total. The lowest BCUT2D eigenvalue weighted by Gasteiger charge is -2.09. The van der Waals surface area contributed by atoms with E-state index in [1.165, 1.54) is 13.0 Å². The Balaban J connectivity index is 2.51. The van der Waals surface area contributed by atoms with Gasteiger partial charge in [-0.25, -0.2) is 17.9 Å². The fourth-order valence-corrected chi connectivity index (χ4v) is 3.53. The molecule has 0 aliphatic rings. The number of carboxylic acids is 1. The third-order valence-electron chi connectivity index (χ3n) is 2.51. The van der Waals surface area contributed by atoms with Crippen LogP contribution in [-0.2, 0) is 10.0 Å². The van der Waals surface area contributed by atoms with Gasteiger partial charge in [0, 0.05) is 4.47 Å². The number of halogens is 1. The molecule has 10 heteroatoms. The maximum Gasteiger partial charge on any atom is 0.335 e. The van der Waals surface area contributed by atoms with Crippen LogP contribution in [0.1, 0.15) is 21.7 Å². The van der Waals surface area contributed by atoms with Gasteiger partial charge in [-0.05, 0) is 47.5 Å². The van der Waals surface area contributed by atoms with Crippen LogP contribution in [0.2, 0.25) is 0 Å². The minimum Gasteiger partial charge on any atom is -0.478 e. The predicted molar refractivity (Wildman–Crippen MR) is 75.7 cm³/mol. The van der Waals surface area contributed by atoms with Crippen molar-refractivity contribution < 1.29 is 22.8 Å². The summed E-state index contributed by atoms with van der Waals surface area (Å²) in [6.07, 6.45) is 0. The number of sulfonamides is 1. The molecule has 2 rings (SSSR count). The molecule has 1 aromatic carbocycles. The third kappa shape index (κ3) is 3.22. The fraction of sp³-hybridized carbons (Fsp3) is 0.182. The smallest absolute Gasteiger partial charge is 0.335 e. The Morgan fingerprint density at radius 1 is 1.38 bits per heavy atom. The van der Waals surface area contributed by atoms with Crippen LogP contribution in [-0.4, -0.2) is 29.6 Å². The SMILES string of the molecule is Cc1noc(NS(=O)(=O)c2cc(C(=O)O)cc(C)c2Br)n1. The maximum absolute atomic E-state index is 12.3. The molecule has 1 heterocycles. The average molecular weight is 376 g/mol. The molecular weight excluding hydrogens is 366 g/mol. The zero-order chi connectivity index (χ0) is 15.8. The number of rotatable bonds is 4. The minimum atomic E-state index is -4.07. The van der Waals surface area contributed by atoms with E-state index in [1.54, 1.807) is 6.92 Å². The molecule has 0 aliphatic heterocycles. The van der Waals surface area contributed by atoms with E-state index in [0.29, 0.717) is 5.56 Å². The van der Waals surface area contributed by atoms with Crippen molar-refractivity contribution in [2.24, 2.45) is 0 Å². The van der Waals surface area contributed by atoms with E-state index in [9.17, 15) is 13.2 Å². The predicted octanol–water partition coefficient (Wildman–Crippen LogP) is 1.95. The molecule has 0 saturated heterocycles. The molecule has 2 aromatic rings. The van der Waals surface area contributed by atoms with Gasteiger partial charge in [0.1, 0.15) is 4.90 Å². The van der Waals surface area contributed by atoms with Crippen molar-refractivity contribution in [3.05, 3.63) is 33.6 Å². The second kappa shape index (κ2) is 5.45. The Morgan fingerprint density at radius 3 is 2.57 bits per heavy atom. The molecule has 0 amide bonds. The Morgan fingerprint density at radius 2 is 2.05 bits per heavy atom. The van der Waals surface area contributed by atoms with E-state index >= 15 is 0 Å². The molecule has 2 N–H and O–H groups in total. The number of nitrogens with zero attached hydrogens (tertiary/aromatic N) is 2. The van der Waals surface area contributed by atoms with E-state index in [-0.39, 0.29) is 26.8 Å². The molecule has 0 fully saturated rings. The Hall–Kier alpha value is -1.94. The summed E-state index contributed by atoms with van der Waals surface area (Å²) in [5.41, 5.74) is 0.328. The van der Waals surface area contributed by atoms with Crippen LogP contribution in [0.4, 0.5) is 6.01 Å². The van der Waals surface area contributed by atoms with Gasteiger partial charge >= 0.3 is 12.0 Å². The van der Waals surface area contributed by atoms with Crippen molar-refractivity contribution in [1.29, 1.82) is 0 Å². The first kappa shape index (κ1) is 15.4. The lowest BCUT2D eigenvalue weighted by molar-refractivity contribution is 0.0696. The standard InChI is InChI=1S/C11H10BrN3O5S/c1-5-3-7(10(16)17)4-8(9(5)12)21(18,19)15-11-13-6(2)14-20-11/h3-4H,1-2H3,(H,16,17)(H,13,14,15). The van der Waals surface area contributed by atoms with E-state index in [0.717, 1.165) is 6.07 Å². The van der Waals surface area contributed by atoms with E-state index in [1.807, 2.05) is 0 Å². The number of nitrogens with one attached hydrogen (secondary N) is 1. The van der Waals surface area contributed by atoms with Crippen LogP contribution >= 0.6 is 15.9 Å². The summed E-state index contributed by atoms with van der Waals surface area (Å²) in [6, 6.07) is 2.12. The van der Waals surface area contributed by atoms with Gasteiger partial charge in [0.05, 0.1) is 5.56 Å². The second-order valence-corrected chi connectivity index (χ2v) is 6.61. The van der Waals surface area contributed by atoms with Crippen LogP contribution in [0, 0.1) is 13.8 Å². The van der Waals surface area contributed by atoms with Gasteiger partial charge in [-0.2, -0.15) is 4.98 Å². The first-order valence-electron chi connectivity index (χ1n) is 5.57. The highest BCUT2D eigenvalue weighted by Crippen LogP contribution is 2.28. The zero-order valence-corrected chi connectivity index (χ0v) is 13.3. The van der Waals surface area contributed by atoms with Crippen molar-refractivity contribution in [1.82, 2.24) is 10.1 Å². The molecule has 0 spiro atoms. The number of anilines is 1. The van der Waals surface area contributed by atoms with E-state index in [2.05, 4.69) is 35.3 Å². The first-order valence-corrected chi connectivity index (χ1v) is 7.85. The van der Waals surface area contributed by atoms with Crippen molar-refractivity contribution >= 4 is 37.9 Å². The van der Waals surface area contributed by atoms with Crippen LogP contribution in [0.5, 0.6) is 0 Å². The topological polar surface area (TPSA) is 122 Å². The number of carbonyl (C=O) groups is 1. The quantitative estimate of drug-likeness (QED) is 0.836. The Kier molecular flexibility index (Phi) is 4.01. The highest BCUT2D eigenvalue weighted by molar-refractivity contribution is 9.10. The lowest BCUT2D eigenvalue weighted by atomic mass is 10.1. The maximum atomic E-state index is 12.3. The number of hydrogen-bond acceptors (Lipinski definition) is 6. The Bertz CT molecular complexity index is 815. The second-order valence-electron chi connectivity index (χ2n) is 4.16. The molecule has 0 atom stereocenters. The average Bonchev–Trinajstić information content (AvgIpc) is 2.76. The molecule has 0 radical (unpaired) electrons.